The van der Waals surface area contributed by atoms with Crippen molar-refractivity contribution in [1.82, 2.24) is 0 Å². The van der Waals surface area contributed by atoms with Crippen molar-refractivity contribution in [3.05, 3.63) is 46.6 Å². The third-order valence-electron chi connectivity index (χ3n) is 8.81. The van der Waals surface area contributed by atoms with E-state index in [1.807, 2.05) is 20.8 Å². The number of hydrogen-bond acceptors (Lipinski definition) is 9. The predicted molar refractivity (Wildman–Crippen MR) is 147 cm³/mol. The van der Waals surface area contributed by atoms with Gasteiger partial charge in [0.15, 0.2) is 11.6 Å². The van der Waals surface area contributed by atoms with E-state index in [9.17, 15) is 24.9 Å². The number of rotatable bonds is 7. The molecule has 2 aliphatic carbocycles. The summed E-state index contributed by atoms with van der Waals surface area (Å²) in [6.45, 7) is 13.8. The van der Waals surface area contributed by atoms with E-state index in [4.69, 9.17) is 18.9 Å². The Balaban J connectivity index is 1.81. The van der Waals surface area contributed by atoms with Gasteiger partial charge in [0, 0.05) is 7.11 Å². The Bertz CT molecular complexity index is 1180. The highest BCUT2D eigenvalue weighted by Crippen LogP contribution is 2.53. The predicted octanol–water partition coefficient (Wildman–Crippen LogP) is 3.07. The van der Waals surface area contributed by atoms with Crippen LogP contribution in [0.2, 0.25) is 0 Å². The largest absolute Gasteiger partial charge is 0.384 e. The van der Waals surface area contributed by atoms with Crippen molar-refractivity contribution in [3.8, 4) is 0 Å². The van der Waals surface area contributed by atoms with Crippen LogP contribution in [0.4, 0.5) is 0 Å². The minimum absolute atomic E-state index is 0.263. The maximum Gasteiger partial charge on any atom is 0.228 e. The van der Waals surface area contributed by atoms with E-state index in [1.54, 1.807) is 32.9 Å². The molecule has 0 aromatic rings. The zero-order valence-corrected chi connectivity index (χ0v) is 25.0. The quantitative estimate of drug-likeness (QED) is 0.402. The topological polar surface area (TPSA) is 132 Å². The summed E-state index contributed by atoms with van der Waals surface area (Å²) >= 11 is 0. The first-order valence-electron chi connectivity index (χ1n) is 13.9. The average molecular weight is 561 g/mol. The van der Waals surface area contributed by atoms with Gasteiger partial charge in [0.05, 0.1) is 24.0 Å². The monoisotopic (exact) mass is 560 g/mol. The first-order chi connectivity index (χ1) is 18.4. The van der Waals surface area contributed by atoms with E-state index >= 15 is 0 Å². The van der Waals surface area contributed by atoms with Gasteiger partial charge in [0.1, 0.15) is 23.4 Å². The molecular weight excluding hydrogens is 516 g/mol. The van der Waals surface area contributed by atoms with E-state index in [2.05, 4.69) is 0 Å². The number of carbonyl (C=O) groups excluding carboxylic acids is 2. The van der Waals surface area contributed by atoms with Crippen LogP contribution in [0.25, 0.3) is 0 Å². The highest BCUT2D eigenvalue weighted by Gasteiger charge is 2.71. The fourth-order valence-electron chi connectivity index (χ4n) is 6.98. The molecule has 2 heterocycles. The molecule has 0 aromatic heterocycles. The highest BCUT2D eigenvalue weighted by atomic mass is 16.7. The summed E-state index contributed by atoms with van der Waals surface area (Å²) < 4.78 is 25.1. The van der Waals surface area contributed by atoms with E-state index in [-0.39, 0.29) is 11.6 Å². The number of carbonyl (C=O) groups is 2. The Labute approximate surface area is 236 Å². The Morgan fingerprint density at radius 3 is 1.77 bits per heavy atom. The summed E-state index contributed by atoms with van der Waals surface area (Å²) in [6, 6.07) is 0. The number of aliphatic hydroxyl groups is 3. The molecule has 4 rings (SSSR count). The standard InChI is InChI=1S/C31H44O9/c1-16(2)10-24(30(36)28(7,34)26-20(32)12-18(5)14-22(26)39-30)38-25(11-17(3)4)31(37-9)29(8,35)27-21(33)13-19(6)15-23(27)40-31/h10-13,22-27,34-36H,14-15H2,1-9H3/t22-,23-,24-,25-,26+,27+,28+,29+,30-,31-/m0/s1. The number of methoxy groups -OCH3 is 1. The van der Waals surface area contributed by atoms with Crippen LogP contribution in [0.1, 0.15) is 68.2 Å². The molecule has 222 valence electrons. The molecule has 10 atom stereocenters. The SMILES string of the molecule is CO[C@@]1([C@H](C=C(C)C)O[C@@H](C=C(C)C)[C@]2(O)O[C@H]3CC(C)=CC(=O)[C@H]3[C@@]2(C)O)O[C@H]2CC(C)=CC(=O)[C@H]2[C@@]1(C)O. The fourth-order valence-corrected chi connectivity index (χ4v) is 6.98. The van der Waals surface area contributed by atoms with Gasteiger partial charge in [-0.25, -0.2) is 0 Å². The second kappa shape index (κ2) is 10.4. The van der Waals surface area contributed by atoms with Crippen LogP contribution in [0.5, 0.6) is 0 Å². The first kappa shape index (κ1) is 31.0. The van der Waals surface area contributed by atoms with E-state index in [0.29, 0.717) is 12.8 Å². The third-order valence-corrected chi connectivity index (χ3v) is 8.81. The zero-order chi connectivity index (χ0) is 30.0. The second-order valence-corrected chi connectivity index (χ2v) is 12.8. The van der Waals surface area contributed by atoms with Crippen molar-refractivity contribution in [1.29, 1.82) is 0 Å². The zero-order valence-electron chi connectivity index (χ0n) is 25.0. The van der Waals surface area contributed by atoms with Gasteiger partial charge in [-0.2, -0.15) is 0 Å². The molecule has 2 fully saturated rings. The molecule has 2 saturated heterocycles. The Hall–Kier alpha value is -1.98. The molecular formula is C31H44O9. The molecule has 0 bridgehead atoms. The number of ether oxygens (including phenoxy) is 4. The van der Waals surface area contributed by atoms with Crippen molar-refractivity contribution < 1.29 is 43.9 Å². The number of fused-ring (bicyclic) bond motifs is 2. The molecule has 0 saturated carbocycles. The molecule has 3 N–H and O–H groups in total. The lowest BCUT2D eigenvalue weighted by molar-refractivity contribution is -0.348. The second-order valence-electron chi connectivity index (χ2n) is 12.8. The minimum Gasteiger partial charge on any atom is -0.384 e. The summed E-state index contributed by atoms with van der Waals surface area (Å²) in [7, 11) is 1.38. The van der Waals surface area contributed by atoms with Crippen molar-refractivity contribution in [2.45, 2.75) is 115 Å². The summed E-state index contributed by atoms with van der Waals surface area (Å²) in [5, 5.41) is 35.8. The molecule has 9 heteroatoms. The Kier molecular flexibility index (Phi) is 8.04. The van der Waals surface area contributed by atoms with Crippen molar-refractivity contribution in [3.63, 3.8) is 0 Å². The average Bonchev–Trinajstić information content (AvgIpc) is 3.15. The molecule has 9 nitrogen and oxygen atoms in total. The molecule has 2 aliphatic heterocycles. The molecule has 0 unspecified atom stereocenters. The van der Waals surface area contributed by atoms with Crippen molar-refractivity contribution in [2.24, 2.45) is 11.8 Å². The molecule has 0 spiro atoms. The van der Waals surface area contributed by atoms with Gasteiger partial charge in [0.2, 0.25) is 11.6 Å². The van der Waals surface area contributed by atoms with Crippen LogP contribution in [0, 0.1) is 11.8 Å². The van der Waals surface area contributed by atoms with Crippen LogP contribution in [0.3, 0.4) is 0 Å². The third kappa shape index (κ3) is 4.69. The number of hydrogen-bond donors (Lipinski definition) is 3. The summed E-state index contributed by atoms with van der Waals surface area (Å²) in [5.41, 5.74) is -0.696. The number of ketones is 2. The van der Waals surface area contributed by atoms with Crippen LogP contribution >= 0.6 is 0 Å². The fraction of sp³-hybridized carbons (Fsp3) is 0.677. The minimum atomic E-state index is -2.35. The van der Waals surface area contributed by atoms with Crippen LogP contribution in [0.15, 0.2) is 46.6 Å². The van der Waals surface area contributed by atoms with Gasteiger partial charge in [-0.1, -0.05) is 34.4 Å². The summed E-state index contributed by atoms with van der Waals surface area (Å²) in [6.07, 6.45) is 3.20. The van der Waals surface area contributed by atoms with E-state index < -0.39 is 59.0 Å². The summed E-state index contributed by atoms with van der Waals surface area (Å²) in [5.74, 6) is -6.70. The van der Waals surface area contributed by atoms with Crippen LogP contribution < -0.4 is 0 Å². The number of allylic oxidation sites excluding steroid dienone is 4. The van der Waals surface area contributed by atoms with Gasteiger partial charge in [-0.15, -0.1) is 0 Å². The summed E-state index contributed by atoms with van der Waals surface area (Å²) in [4.78, 5) is 26.1. The lowest BCUT2D eigenvalue weighted by atomic mass is 9.73. The Morgan fingerprint density at radius 2 is 1.30 bits per heavy atom. The van der Waals surface area contributed by atoms with Crippen molar-refractivity contribution >= 4 is 11.6 Å². The first-order valence-corrected chi connectivity index (χ1v) is 13.9. The molecule has 0 aromatic carbocycles. The molecule has 0 amide bonds. The lowest BCUT2D eigenvalue weighted by Crippen LogP contribution is -2.65. The van der Waals surface area contributed by atoms with Gasteiger partial charge >= 0.3 is 0 Å². The van der Waals surface area contributed by atoms with Gasteiger partial charge in [-0.05, 0) is 80.4 Å². The van der Waals surface area contributed by atoms with Crippen LogP contribution in [-0.4, -0.2) is 81.2 Å². The maximum atomic E-state index is 13.1. The molecule has 40 heavy (non-hydrogen) atoms. The molecule has 0 radical (unpaired) electrons. The highest BCUT2D eigenvalue weighted by molar-refractivity contribution is 5.95. The normalized spacial score (nSPS) is 42.4. The van der Waals surface area contributed by atoms with Gasteiger partial charge in [-0.3, -0.25) is 9.59 Å². The van der Waals surface area contributed by atoms with E-state index in [1.165, 1.54) is 33.1 Å². The lowest BCUT2D eigenvalue weighted by Gasteiger charge is -2.46. The van der Waals surface area contributed by atoms with Crippen LogP contribution in [-0.2, 0) is 28.5 Å². The Morgan fingerprint density at radius 1 is 0.850 bits per heavy atom. The van der Waals surface area contributed by atoms with E-state index in [0.717, 1.165) is 22.3 Å². The van der Waals surface area contributed by atoms with Gasteiger partial charge < -0.3 is 34.3 Å². The molecule has 4 aliphatic rings. The van der Waals surface area contributed by atoms with Crippen molar-refractivity contribution in [2.75, 3.05) is 7.11 Å². The smallest absolute Gasteiger partial charge is 0.228 e. The maximum absolute atomic E-state index is 13.1. The van der Waals surface area contributed by atoms with Gasteiger partial charge in [0.25, 0.3) is 0 Å².